The van der Waals surface area contributed by atoms with E-state index in [2.05, 4.69) is 22.4 Å². The average molecular weight is 478 g/mol. The Morgan fingerprint density at radius 3 is 2.65 bits per heavy atom. The molecule has 4 aromatic rings. The second kappa shape index (κ2) is 8.93. The largest absolute Gasteiger partial charge is 0.496 e. The number of aromatic amines is 1. The summed E-state index contributed by atoms with van der Waals surface area (Å²) in [6, 6.07) is 18.2. The van der Waals surface area contributed by atoms with E-state index in [-0.39, 0.29) is 29.7 Å². The van der Waals surface area contributed by atoms with E-state index in [0.29, 0.717) is 29.3 Å². The van der Waals surface area contributed by atoms with E-state index in [0.717, 1.165) is 42.3 Å². The number of benzene rings is 3. The molecule has 7 heteroatoms. The van der Waals surface area contributed by atoms with Gasteiger partial charge in [0.25, 0.3) is 5.56 Å². The molecule has 0 bridgehead atoms. The minimum atomic E-state index is -0.344. The lowest BCUT2D eigenvalue weighted by Gasteiger charge is -2.32. The molecule has 1 aliphatic heterocycles. The molecule has 6 rings (SSSR count). The molecule has 34 heavy (non-hydrogen) atoms. The van der Waals surface area contributed by atoms with E-state index in [1.165, 1.54) is 15.7 Å². The summed E-state index contributed by atoms with van der Waals surface area (Å²) >= 11 is 0. The molecule has 2 aliphatic rings. The highest BCUT2D eigenvalue weighted by molar-refractivity contribution is 5.95. The second-order valence-corrected chi connectivity index (χ2v) is 9.29. The number of hydrogen-bond donors (Lipinski definition) is 2. The van der Waals surface area contributed by atoms with Crippen molar-refractivity contribution in [3.8, 4) is 5.75 Å². The topological polar surface area (TPSA) is 76.1 Å². The normalized spacial score (nSPS) is 21.1. The van der Waals surface area contributed by atoms with Crippen LogP contribution in [0.2, 0.25) is 0 Å². The van der Waals surface area contributed by atoms with E-state index >= 15 is 0 Å². The van der Waals surface area contributed by atoms with Crippen molar-refractivity contribution in [2.24, 2.45) is 5.92 Å². The molecule has 1 saturated heterocycles. The predicted octanol–water partition coefficient (Wildman–Crippen LogP) is 3.98. The number of fused-ring (bicyclic) bond motifs is 5. The van der Waals surface area contributed by atoms with Crippen LogP contribution in [0.15, 0.2) is 64.2 Å². The first-order valence-corrected chi connectivity index (χ1v) is 11.7. The molecule has 176 valence electrons. The first-order chi connectivity index (χ1) is 16.1. The molecule has 0 amide bonds. The third kappa shape index (κ3) is 3.62. The zero-order valence-electron chi connectivity index (χ0n) is 19.0. The van der Waals surface area contributed by atoms with E-state index in [9.17, 15) is 9.59 Å². The van der Waals surface area contributed by atoms with Crippen molar-refractivity contribution in [1.29, 1.82) is 0 Å². The Morgan fingerprint density at radius 2 is 1.85 bits per heavy atom. The van der Waals surface area contributed by atoms with Gasteiger partial charge in [0.1, 0.15) is 5.75 Å². The zero-order valence-corrected chi connectivity index (χ0v) is 19.9. The quantitative estimate of drug-likeness (QED) is 0.436. The summed E-state index contributed by atoms with van der Waals surface area (Å²) in [7, 11) is 1.73. The van der Waals surface area contributed by atoms with Crippen molar-refractivity contribution in [2.45, 2.75) is 37.8 Å². The lowest BCUT2D eigenvalue weighted by Crippen LogP contribution is -2.38. The number of H-pyrrole nitrogens is 1. The zero-order chi connectivity index (χ0) is 22.5. The van der Waals surface area contributed by atoms with Crippen LogP contribution in [0, 0.1) is 5.92 Å². The molecule has 1 aromatic heterocycles. The molecule has 1 fully saturated rings. The van der Waals surface area contributed by atoms with Crippen LogP contribution in [0.4, 0.5) is 0 Å². The molecule has 0 saturated carbocycles. The van der Waals surface area contributed by atoms with Crippen LogP contribution in [0.25, 0.3) is 21.7 Å². The fraction of sp³-hybridized carbons (Fsp3) is 0.333. The van der Waals surface area contributed by atoms with Crippen LogP contribution < -0.4 is 21.3 Å². The highest BCUT2D eigenvalue weighted by Crippen LogP contribution is 2.45. The Balaban J connectivity index is 0.00000241. The number of methoxy groups -OCH3 is 1. The molecule has 2 heterocycles. The molecule has 1 unspecified atom stereocenters. The van der Waals surface area contributed by atoms with Crippen LogP contribution >= 0.6 is 12.4 Å². The van der Waals surface area contributed by atoms with Crippen LogP contribution in [-0.4, -0.2) is 29.2 Å². The van der Waals surface area contributed by atoms with Crippen molar-refractivity contribution >= 4 is 34.1 Å². The van der Waals surface area contributed by atoms with Crippen molar-refractivity contribution in [3.63, 3.8) is 0 Å². The fourth-order valence-corrected chi connectivity index (χ4v) is 6.01. The number of halogens is 1. The fourth-order valence-electron chi connectivity index (χ4n) is 6.01. The van der Waals surface area contributed by atoms with Crippen molar-refractivity contribution in [2.75, 3.05) is 13.7 Å². The third-order valence-corrected chi connectivity index (χ3v) is 7.61. The Hall–Kier alpha value is -3.09. The summed E-state index contributed by atoms with van der Waals surface area (Å²) < 4.78 is 6.98. The van der Waals surface area contributed by atoms with Gasteiger partial charge in [-0.2, -0.15) is 0 Å². The van der Waals surface area contributed by atoms with Crippen LogP contribution in [-0.2, 0) is 13.0 Å². The number of ether oxygens (including phenoxy) is 1. The average Bonchev–Trinajstić information content (AvgIpc) is 3.26. The highest BCUT2D eigenvalue weighted by Gasteiger charge is 2.40. The van der Waals surface area contributed by atoms with Gasteiger partial charge in [-0.05, 0) is 71.8 Å². The maximum atomic E-state index is 13.3. The predicted molar refractivity (Wildman–Crippen MR) is 138 cm³/mol. The number of nitrogens with zero attached hydrogens (tertiary/aromatic N) is 1. The van der Waals surface area contributed by atoms with Gasteiger partial charge in [0, 0.05) is 18.5 Å². The summed E-state index contributed by atoms with van der Waals surface area (Å²) in [5.41, 5.74) is 2.68. The number of rotatable bonds is 4. The molecule has 3 aromatic carbocycles. The Kier molecular flexibility index (Phi) is 5.96. The summed E-state index contributed by atoms with van der Waals surface area (Å²) in [5.74, 6) is 1.92. The van der Waals surface area contributed by atoms with E-state index in [1.807, 2.05) is 42.5 Å². The van der Waals surface area contributed by atoms with Gasteiger partial charge in [-0.25, -0.2) is 4.79 Å². The number of aromatic nitrogens is 2. The molecule has 1 aliphatic carbocycles. The molecule has 0 radical (unpaired) electrons. The monoisotopic (exact) mass is 477 g/mol. The highest BCUT2D eigenvalue weighted by atomic mass is 35.5. The first-order valence-electron chi connectivity index (χ1n) is 11.7. The number of nitrogens with one attached hydrogen (secondary N) is 2. The smallest absolute Gasteiger partial charge is 0.328 e. The van der Waals surface area contributed by atoms with Crippen molar-refractivity contribution < 1.29 is 4.74 Å². The van der Waals surface area contributed by atoms with Gasteiger partial charge in [0.2, 0.25) is 0 Å². The third-order valence-electron chi connectivity index (χ3n) is 7.61. The van der Waals surface area contributed by atoms with Gasteiger partial charge >= 0.3 is 5.69 Å². The SMILES string of the molecule is COc1cccc2c1CC[C@H]1CNC(CCn3c(=O)[nH]c4cc5ccccc5cc4c3=O)[C@@H]21.Cl. The molecular formula is C27H28ClN3O3. The van der Waals surface area contributed by atoms with Crippen molar-refractivity contribution in [3.05, 3.63) is 86.6 Å². The molecular weight excluding hydrogens is 450 g/mol. The van der Waals surface area contributed by atoms with E-state index in [1.54, 1.807) is 7.11 Å². The number of hydrogen-bond acceptors (Lipinski definition) is 4. The van der Waals surface area contributed by atoms with Crippen LogP contribution in [0.5, 0.6) is 5.75 Å². The van der Waals surface area contributed by atoms with Gasteiger partial charge in [0.15, 0.2) is 0 Å². The van der Waals surface area contributed by atoms with Gasteiger partial charge in [-0.1, -0.05) is 36.4 Å². The Morgan fingerprint density at radius 1 is 1.06 bits per heavy atom. The second-order valence-electron chi connectivity index (χ2n) is 9.29. The standard InChI is InChI=1S/C27H27N3O3.ClH/c1-33-24-8-4-7-20-19(24)10-9-18-15-28-22(25(18)20)11-12-30-26(31)21-13-16-5-2-3-6-17(16)14-23(21)29-27(30)32;/h2-8,13-14,18,22,25,28H,9-12,15H2,1H3,(H,29,32);1H/t18-,22?,25+;/m0./s1. The maximum Gasteiger partial charge on any atom is 0.328 e. The summed E-state index contributed by atoms with van der Waals surface area (Å²) in [6.07, 6.45) is 2.89. The van der Waals surface area contributed by atoms with E-state index in [4.69, 9.17) is 4.74 Å². The molecule has 6 nitrogen and oxygen atoms in total. The molecule has 0 spiro atoms. The van der Waals surface area contributed by atoms with Gasteiger partial charge in [-0.3, -0.25) is 9.36 Å². The first kappa shape index (κ1) is 22.7. The van der Waals surface area contributed by atoms with E-state index < -0.39 is 0 Å². The summed E-state index contributed by atoms with van der Waals surface area (Å²) in [4.78, 5) is 29.0. The minimum absolute atomic E-state index is 0. The minimum Gasteiger partial charge on any atom is -0.496 e. The lowest BCUT2D eigenvalue weighted by molar-refractivity contribution is 0.371. The van der Waals surface area contributed by atoms with Crippen LogP contribution in [0.3, 0.4) is 0 Å². The molecule has 3 atom stereocenters. The molecule has 2 N–H and O–H groups in total. The summed E-state index contributed by atoms with van der Waals surface area (Å²) in [5, 5.41) is 6.23. The van der Waals surface area contributed by atoms with Gasteiger partial charge in [0.05, 0.1) is 18.0 Å². The van der Waals surface area contributed by atoms with Crippen LogP contribution in [0.1, 0.15) is 29.9 Å². The van der Waals surface area contributed by atoms with Crippen molar-refractivity contribution in [1.82, 2.24) is 14.9 Å². The summed E-state index contributed by atoms with van der Waals surface area (Å²) in [6.45, 7) is 1.36. The van der Waals surface area contributed by atoms with Gasteiger partial charge < -0.3 is 15.0 Å². The lowest BCUT2D eigenvalue weighted by atomic mass is 9.73. The Labute approximate surface area is 203 Å². The maximum absolute atomic E-state index is 13.3. The Bertz CT molecular complexity index is 1490. The van der Waals surface area contributed by atoms with Gasteiger partial charge in [-0.15, -0.1) is 12.4 Å².